The lowest BCUT2D eigenvalue weighted by molar-refractivity contribution is -0.121. The summed E-state index contributed by atoms with van der Waals surface area (Å²) < 4.78 is 5.27. The van der Waals surface area contributed by atoms with Crippen LogP contribution < -0.4 is 19.9 Å². The average Bonchev–Trinajstić information content (AvgIpc) is 2.89. The lowest BCUT2D eigenvalue weighted by Gasteiger charge is -2.19. The zero-order chi connectivity index (χ0) is 18.0. The topological polar surface area (TPSA) is 61.9 Å². The third kappa shape index (κ3) is 3.28. The fraction of sp³-hybridized carbons (Fsp3) is 0.263. The van der Waals surface area contributed by atoms with Crippen molar-refractivity contribution in [1.29, 1.82) is 0 Å². The van der Waals surface area contributed by atoms with Crippen LogP contribution in [0.1, 0.15) is 6.42 Å². The van der Waals surface area contributed by atoms with E-state index in [-0.39, 0.29) is 18.2 Å². The molecule has 1 fully saturated rings. The molecular weight excluding hydrogens is 318 g/mol. The van der Waals surface area contributed by atoms with Gasteiger partial charge in [0.2, 0.25) is 5.91 Å². The van der Waals surface area contributed by atoms with E-state index in [0.29, 0.717) is 11.4 Å². The van der Waals surface area contributed by atoms with Gasteiger partial charge in [0, 0.05) is 25.5 Å². The van der Waals surface area contributed by atoms with Crippen LogP contribution in [0.25, 0.3) is 0 Å². The largest absolute Gasteiger partial charge is 0.495 e. The van der Waals surface area contributed by atoms with Crippen LogP contribution in [-0.2, 0) is 9.59 Å². The molecule has 6 nitrogen and oxygen atoms in total. The van der Waals surface area contributed by atoms with Gasteiger partial charge in [0.05, 0.1) is 19.2 Å². The quantitative estimate of drug-likeness (QED) is 0.848. The molecule has 1 atom stereocenters. The van der Waals surface area contributed by atoms with E-state index in [9.17, 15) is 9.59 Å². The Balaban J connectivity index is 1.79. The van der Waals surface area contributed by atoms with Crippen molar-refractivity contribution in [2.24, 2.45) is 0 Å². The van der Waals surface area contributed by atoms with Crippen molar-refractivity contribution in [3.05, 3.63) is 48.5 Å². The van der Waals surface area contributed by atoms with E-state index in [1.807, 2.05) is 43.3 Å². The smallest absolute Gasteiger partial charge is 0.256 e. The Hall–Kier alpha value is -3.02. The molecule has 130 valence electrons. The maximum Gasteiger partial charge on any atom is 0.256 e. The highest BCUT2D eigenvalue weighted by molar-refractivity contribution is 6.23. The Labute approximate surface area is 147 Å². The van der Waals surface area contributed by atoms with Gasteiger partial charge in [-0.3, -0.25) is 9.59 Å². The highest BCUT2D eigenvalue weighted by Crippen LogP contribution is 2.32. The standard InChI is InChI=1S/C19H21N3O3/c1-21(2)14-10-8-13(9-11-14)20-15-12-18(23)22(19(15)24)16-6-4-5-7-17(16)25-3/h4-11,15,20H,12H2,1-3H3. The van der Waals surface area contributed by atoms with Gasteiger partial charge in [0.1, 0.15) is 11.8 Å². The molecule has 1 heterocycles. The average molecular weight is 339 g/mol. The predicted octanol–water partition coefficient (Wildman–Crippen LogP) is 2.51. The number of rotatable bonds is 5. The van der Waals surface area contributed by atoms with E-state index >= 15 is 0 Å². The highest BCUT2D eigenvalue weighted by atomic mass is 16.5. The number of carbonyl (C=O) groups excluding carboxylic acids is 2. The van der Waals surface area contributed by atoms with Crippen molar-refractivity contribution >= 4 is 28.9 Å². The van der Waals surface area contributed by atoms with Crippen LogP contribution in [0.3, 0.4) is 0 Å². The minimum atomic E-state index is -0.581. The summed E-state index contributed by atoms with van der Waals surface area (Å²) in [5.41, 5.74) is 2.35. The maximum absolute atomic E-state index is 12.7. The van der Waals surface area contributed by atoms with E-state index in [1.165, 1.54) is 12.0 Å². The zero-order valence-electron chi connectivity index (χ0n) is 14.5. The summed E-state index contributed by atoms with van der Waals surface area (Å²) in [6.45, 7) is 0. The molecule has 0 bridgehead atoms. The van der Waals surface area contributed by atoms with Crippen molar-refractivity contribution in [3.63, 3.8) is 0 Å². The molecular formula is C19H21N3O3. The van der Waals surface area contributed by atoms with Crippen LogP contribution in [0.2, 0.25) is 0 Å². The second-order valence-corrected chi connectivity index (χ2v) is 6.08. The molecule has 2 aromatic rings. The first kappa shape index (κ1) is 16.8. The van der Waals surface area contributed by atoms with Crippen molar-refractivity contribution in [1.82, 2.24) is 0 Å². The van der Waals surface area contributed by atoms with Crippen molar-refractivity contribution in [2.75, 3.05) is 36.3 Å². The molecule has 3 rings (SSSR count). The second-order valence-electron chi connectivity index (χ2n) is 6.08. The van der Waals surface area contributed by atoms with Gasteiger partial charge in [-0.25, -0.2) is 4.90 Å². The number of anilines is 3. The van der Waals surface area contributed by atoms with Crippen molar-refractivity contribution in [2.45, 2.75) is 12.5 Å². The first-order chi connectivity index (χ1) is 12.0. The fourth-order valence-corrected chi connectivity index (χ4v) is 2.87. The number of benzene rings is 2. The summed E-state index contributed by atoms with van der Waals surface area (Å²) >= 11 is 0. The number of nitrogens with one attached hydrogen (secondary N) is 1. The van der Waals surface area contributed by atoms with Crippen LogP contribution in [0, 0.1) is 0 Å². The van der Waals surface area contributed by atoms with Gasteiger partial charge >= 0.3 is 0 Å². The van der Waals surface area contributed by atoms with Gasteiger partial charge in [0.25, 0.3) is 5.91 Å². The molecule has 0 spiro atoms. The van der Waals surface area contributed by atoms with Crippen LogP contribution in [0.4, 0.5) is 17.1 Å². The summed E-state index contributed by atoms with van der Waals surface area (Å²) in [6, 6.07) is 14.2. The Bertz CT molecular complexity index is 787. The number of amides is 2. The van der Waals surface area contributed by atoms with E-state index < -0.39 is 6.04 Å². The molecule has 2 aromatic carbocycles. The molecule has 2 amide bonds. The lowest BCUT2D eigenvalue weighted by atomic mass is 10.2. The molecule has 1 aliphatic heterocycles. The van der Waals surface area contributed by atoms with Crippen molar-refractivity contribution in [3.8, 4) is 5.75 Å². The number of carbonyl (C=O) groups is 2. The summed E-state index contributed by atoms with van der Waals surface area (Å²) in [7, 11) is 5.45. The minimum absolute atomic E-state index is 0.117. The second kappa shape index (κ2) is 6.84. The van der Waals surface area contributed by atoms with Gasteiger partial charge in [0.15, 0.2) is 0 Å². The number of hydrogen-bond donors (Lipinski definition) is 1. The third-order valence-corrected chi connectivity index (χ3v) is 4.20. The zero-order valence-corrected chi connectivity index (χ0v) is 14.5. The summed E-state index contributed by atoms with van der Waals surface area (Å²) in [5.74, 6) is -0.0108. The van der Waals surface area contributed by atoms with Gasteiger partial charge < -0.3 is 15.0 Å². The van der Waals surface area contributed by atoms with Gasteiger partial charge in [-0.1, -0.05) is 12.1 Å². The van der Waals surface area contributed by atoms with Crippen LogP contribution in [0.5, 0.6) is 5.75 Å². The predicted molar refractivity (Wildman–Crippen MR) is 98.3 cm³/mol. The molecule has 6 heteroatoms. The molecule has 0 radical (unpaired) electrons. The molecule has 0 aliphatic carbocycles. The number of para-hydroxylation sites is 2. The molecule has 25 heavy (non-hydrogen) atoms. The molecule has 1 aliphatic rings. The van der Waals surface area contributed by atoms with E-state index in [0.717, 1.165) is 11.4 Å². The van der Waals surface area contributed by atoms with Gasteiger partial charge in [-0.2, -0.15) is 0 Å². The normalized spacial score (nSPS) is 16.9. The fourth-order valence-electron chi connectivity index (χ4n) is 2.87. The Morgan fingerprint density at radius 1 is 1.08 bits per heavy atom. The summed E-state index contributed by atoms with van der Waals surface area (Å²) in [6.07, 6.45) is 0.117. The molecule has 0 saturated carbocycles. The first-order valence-corrected chi connectivity index (χ1v) is 8.05. The van der Waals surface area contributed by atoms with Gasteiger partial charge in [-0.05, 0) is 36.4 Å². The maximum atomic E-state index is 12.7. The Kier molecular flexibility index (Phi) is 4.61. The molecule has 1 saturated heterocycles. The molecule has 1 N–H and O–H groups in total. The molecule has 0 aromatic heterocycles. The highest BCUT2D eigenvalue weighted by Gasteiger charge is 2.40. The number of hydrogen-bond acceptors (Lipinski definition) is 5. The lowest BCUT2D eigenvalue weighted by Crippen LogP contribution is -2.35. The first-order valence-electron chi connectivity index (χ1n) is 8.05. The summed E-state index contributed by atoms with van der Waals surface area (Å²) in [5, 5.41) is 3.15. The molecule has 1 unspecified atom stereocenters. The van der Waals surface area contributed by atoms with Crippen LogP contribution >= 0.6 is 0 Å². The van der Waals surface area contributed by atoms with E-state index in [2.05, 4.69) is 5.32 Å². The number of methoxy groups -OCH3 is 1. The Morgan fingerprint density at radius 3 is 2.40 bits per heavy atom. The monoisotopic (exact) mass is 339 g/mol. The Morgan fingerprint density at radius 2 is 1.76 bits per heavy atom. The number of nitrogens with zero attached hydrogens (tertiary/aromatic N) is 2. The third-order valence-electron chi connectivity index (χ3n) is 4.20. The van der Waals surface area contributed by atoms with Crippen LogP contribution in [-0.4, -0.2) is 39.1 Å². The number of ether oxygens (including phenoxy) is 1. The summed E-state index contributed by atoms with van der Waals surface area (Å²) in [4.78, 5) is 28.3. The van der Waals surface area contributed by atoms with Crippen LogP contribution in [0.15, 0.2) is 48.5 Å². The van der Waals surface area contributed by atoms with E-state index in [4.69, 9.17) is 4.74 Å². The SMILES string of the molecule is COc1ccccc1N1C(=O)CC(Nc2ccc(N(C)C)cc2)C1=O. The van der Waals surface area contributed by atoms with E-state index in [1.54, 1.807) is 24.3 Å². The minimum Gasteiger partial charge on any atom is -0.495 e. The van der Waals surface area contributed by atoms with Crippen molar-refractivity contribution < 1.29 is 14.3 Å². The number of imide groups is 1. The van der Waals surface area contributed by atoms with Gasteiger partial charge in [-0.15, -0.1) is 0 Å².